The molecule has 0 saturated carbocycles. The highest BCUT2D eigenvalue weighted by atomic mass is 79.9. The first-order valence-electron chi connectivity index (χ1n) is 14.6. The van der Waals surface area contributed by atoms with Gasteiger partial charge >= 0.3 is 6.18 Å². The molecule has 0 saturated heterocycles. The largest absolute Gasteiger partial charge is 0.496 e. The van der Waals surface area contributed by atoms with Crippen LogP contribution in [0.1, 0.15) is 28.4 Å². The highest BCUT2D eigenvalue weighted by Gasteiger charge is 2.54. The number of likely N-dealkylation sites (N-methyl/N-ethyl adjacent to an activating group) is 1. The highest BCUT2D eigenvalue weighted by Crippen LogP contribution is 2.41. The van der Waals surface area contributed by atoms with Crippen molar-refractivity contribution in [3.8, 4) is 5.75 Å². The number of halogens is 4. The lowest BCUT2D eigenvalue weighted by atomic mass is 9.83. The molecule has 14 heteroatoms. The molecular weight excluding hydrogens is 697 g/mol. The maximum Gasteiger partial charge on any atom is 0.447 e. The van der Waals surface area contributed by atoms with Crippen molar-refractivity contribution in [1.82, 2.24) is 5.32 Å². The Bertz CT molecular complexity index is 1900. The summed E-state index contributed by atoms with van der Waals surface area (Å²) in [5.41, 5.74) is 4.44. The second-order valence-corrected chi connectivity index (χ2v) is 12.5. The van der Waals surface area contributed by atoms with E-state index in [-0.39, 0.29) is 24.3 Å². The van der Waals surface area contributed by atoms with E-state index in [0.717, 1.165) is 39.5 Å². The van der Waals surface area contributed by atoms with E-state index in [1.807, 2.05) is 24.3 Å². The van der Waals surface area contributed by atoms with Crippen molar-refractivity contribution in [1.29, 1.82) is 0 Å². The molecule has 10 nitrogen and oxygen atoms in total. The van der Waals surface area contributed by atoms with Gasteiger partial charge in [-0.2, -0.15) is 13.2 Å². The second kappa shape index (κ2) is 12.8. The zero-order valence-corrected chi connectivity index (χ0v) is 27.6. The molecule has 4 aromatic rings. The Kier molecular flexibility index (Phi) is 9.32. The van der Waals surface area contributed by atoms with Crippen molar-refractivity contribution in [3.63, 3.8) is 0 Å². The van der Waals surface area contributed by atoms with Crippen LogP contribution in [0.2, 0.25) is 0 Å². The minimum atomic E-state index is -5.39. The quantitative estimate of drug-likeness (QED) is 0.194. The number of nitrogens with one attached hydrogen (secondary N) is 1. The number of ether oxygens (including phenoxy) is 1. The van der Waals surface area contributed by atoms with Crippen LogP contribution in [0.4, 0.5) is 24.5 Å². The number of para-hydroxylation sites is 2. The average Bonchev–Trinajstić information content (AvgIpc) is 3.17. The van der Waals surface area contributed by atoms with E-state index in [4.69, 9.17) is 10.5 Å². The van der Waals surface area contributed by atoms with Crippen LogP contribution < -0.4 is 25.6 Å². The van der Waals surface area contributed by atoms with Crippen LogP contribution >= 0.6 is 15.9 Å². The zero-order valence-electron chi connectivity index (χ0n) is 26.0. The van der Waals surface area contributed by atoms with Gasteiger partial charge in [0.15, 0.2) is 0 Å². The molecule has 0 spiro atoms. The Hall–Kier alpha value is -4.50. The van der Waals surface area contributed by atoms with Crippen LogP contribution in [-0.2, 0) is 21.9 Å². The van der Waals surface area contributed by atoms with Crippen molar-refractivity contribution in [2.75, 3.05) is 30.5 Å². The monoisotopic (exact) mass is 728 g/mol. The van der Waals surface area contributed by atoms with Gasteiger partial charge in [0.05, 0.1) is 30.9 Å². The molecule has 48 heavy (non-hydrogen) atoms. The van der Waals surface area contributed by atoms with Crippen LogP contribution in [-0.4, -0.2) is 60.4 Å². The third-order valence-electron chi connectivity index (χ3n) is 8.88. The number of rotatable bonds is 8. The van der Waals surface area contributed by atoms with Gasteiger partial charge in [0.1, 0.15) is 11.3 Å². The number of benzene rings is 4. The van der Waals surface area contributed by atoms with Crippen LogP contribution in [0.3, 0.4) is 0 Å². The normalized spacial score (nSPS) is 16.7. The van der Waals surface area contributed by atoms with Crippen LogP contribution in [0, 0.1) is 5.92 Å². The van der Waals surface area contributed by atoms with Crippen molar-refractivity contribution >= 4 is 55.8 Å². The number of alkyl halides is 3. The molecule has 1 aliphatic heterocycles. The molecule has 1 heterocycles. The summed E-state index contributed by atoms with van der Waals surface area (Å²) in [4.78, 5) is 44.5. The first-order valence-corrected chi connectivity index (χ1v) is 15.4. The van der Waals surface area contributed by atoms with E-state index >= 15 is 0 Å². The van der Waals surface area contributed by atoms with Crippen LogP contribution in [0.15, 0.2) is 83.3 Å². The molecule has 4 aromatic carbocycles. The minimum Gasteiger partial charge on any atom is -0.496 e. The van der Waals surface area contributed by atoms with E-state index < -0.39 is 46.7 Å². The highest BCUT2D eigenvalue weighted by molar-refractivity contribution is 9.10. The van der Waals surface area contributed by atoms with Crippen LogP contribution in [0.5, 0.6) is 5.75 Å². The Morgan fingerprint density at radius 3 is 2.25 bits per heavy atom. The summed E-state index contributed by atoms with van der Waals surface area (Å²) in [7, 11) is 2.97. The molecule has 1 aliphatic rings. The SMILES string of the molecule is CNC(C)(C(N)=O)[C@@H]1CN(C(=O)c2ccc(C(O)(O)C(F)(F)F)cc2)c2ccccc2N(Cc2c(OC)ccc3cc(Br)ccc23)C1=O. The number of aliphatic hydroxyl groups is 2. The number of nitrogens with zero attached hydrogens (tertiary/aromatic N) is 2. The maximum absolute atomic E-state index is 14.7. The summed E-state index contributed by atoms with van der Waals surface area (Å²) in [6.07, 6.45) is -5.39. The molecule has 3 amide bonds. The molecule has 0 aromatic heterocycles. The summed E-state index contributed by atoms with van der Waals surface area (Å²) in [6.45, 7) is 1.08. The molecule has 0 bridgehead atoms. The average molecular weight is 730 g/mol. The number of primary amides is 1. The fourth-order valence-electron chi connectivity index (χ4n) is 5.86. The lowest BCUT2D eigenvalue weighted by molar-refractivity contribution is -0.358. The topological polar surface area (TPSA) is 145 Å². The summed E-state index contributed by atoms with van der Waals surface area (Å²) >= 11 is 3.49. The van der Waals surface area contributed by atoms with E-state index in [0.29, 0.717) is 17.0 Å². The number of amides is 3. The molecule has 0 radical (unpaired) electrons. The van der Waals surface area contributed by atoms with Gasteiger partial charge in [-0.05, 0) is 67.2 Å². The standard InChI is InChI=1S/C34H32BrF3N4O6/c1-32(40-2,31(39)45)25-18-42(29(43)19-8-11-21(12-9-19)33(46,47)34(36,37)38)27-7-5-4-6-26(27)41(30(25)44)17-24-23-14-13-22(35)16-20(23)10-15-28(24)48-3/h4-16,25,40,46-47H,17-18H2,1-3H3,(H2,39,45)/t25-,32?/m1/s1. The summed E-state index contributed by atoms with van der Waals surface area (Å²) in [6, 6.07) is 19.5. The Morgan fingerprint density at radius 2 is 1.67 bits per heavy atom. The summed E-state index contributed by atoms with van der Waals surface area (Å²) < 4.78 is 46.3. The van der Waals surface area contributed by atoms with E-state index in [2.05, 4.69) is 21.2 Å². The smallest absolute Gasteiger partial charge is 0.447 e. The van der Waals surface area contributed by atoms with Gasteiger partial charge in [-0.15, -0.1) is 0 Å². The second-order valence-electron chi connectivity index (χ2n) is 11.6. The minimum absolute atomic E-state index is 0.0314. The molecule has 0 fully saturated rings. The van der Waals surface area contributed by atoms with Crippen molar-refractivity contribution < 1.29 is 42.5 Å². The van der Waals surface area contributed by atoms with Gasteiger partial charge in [0.2, 0.25) is 11.8 Å². The first-order chi connectivity index (χ1) is 22.5. The third kappa shape index (κ3) is 6.00. The third-order valence-corrected chi connectivity index (χ3v) is 9.38. The summed E-state index contributed by atoms with van der Waals surface area (Å²) in [5, 5.41) is 23.9. The van der Waals surface area contributed by atoms with Gasteiger partial charge in [-0.25, -0.2) is 0 Å². The number of hydrogen-bond acceptors (Lipinski definition) is 7. The molecule has 5 rings (SSSR count). The van der Waals surface area contributed by atoms with E-state index in [1.54, 1.807) is 30.3 Å². The molecule has 0 aliphatic carbocycles. The lowest BCUT2D eigenvalue weighted by Gasteiger charge is -2.36. The van der Waals surface area contributed by atoms with Crippen LogP contribution in [0.25, 0.3) is 10.8 Å². The number of hydrogen-bond donors (Lipinski definition) is 4. The number of anilines is 2. The van der Waals surface area contributed by atoms with Gasteiger partial charge in [-0.1, -0.05) is 52.3 Å². The predicted octanol–water partition coefficient (Wildman–Crippen LogP) is 4.58. The fraction of sp³-hybridized carbons (Fsp3) is 0.265. The number of methoxy groups -OCH3 is 1. The van der Waals surface area contributed by atoms with Gasteiger partial charge in [-0.3, -0.25) is 14.4 Å². The lowest BCUT2D eigenvalue weighted by Crippen LogP contribution is -2.63. The Labute approximate surface area is 282 Å². The van der Waals surface area contributed by atoms with E-state index in [9.17, 15) is 37.8 Å². The van der Waals surface area contributed by atoms with E-state index in [1.165, 1.54) is 30.9 Å². The van der Waals surface area contributed by atoms with Gasteiger partial charge in [0.25, 0.3) is 11.7 Å². The predicted molar refractivity (Wildman–Crippen MR) is 176 cm³/mol. The molecule has 252 valence electrons. The van der Waals surface area contributed by atoms with Gasteiger partial charge in [0, 0.05) is 27.7 Å². The number of carbonyl (C=O) groups excluding carboxylic acids is 3. The van der Waals surface area contributed by atoms with Gasteiger partial charge < -0.3 is 35.8 Å². The fourth-order valence-corrected chi connectivity index (χ4v) is 6.24. The number of fused-ring (bicyclic) bond motifs is 2. The number of carbonyl (C=O) groups is 3. The maximum atomic E-state index is 14.7. The molecule has 5 N–H and O–H groups in total. The number of nitrogens with two attached hydrogens (primary N) is 1. The van der Waals surface area contributed by atoms with Crippen molar-refractivity contribution in [2.24, 2.45) is 11.7 Å². The van der Waals surface area contributed by atoms with Crippen molar-refractivity contribution in [2.45, 2.75) is 31.0 Å². The molecular formula is C34H32BrF3N4O6. The first kappa shape index (κ1) is 34.8. The zero-order chi connectivity index (χ0) is 35.2. The Morgan fingerprint density at radius 1 is 1.02 bits per heavy atom. The summed E-state index contributed by atoms with van der Waals surface area (Å²) in [5.74, 6) is -7.01. The molecule has 2 atom stereocenters. The Balaban J connectivity index is 1.67. The molecule has 1 unspecified atom stereocenters. The van der Waals surface area contributed by atoms with Crippen molar-refractivity contribution in [3.05, 3.63) is 100 Å².